The van der Waals surface area contributed by atoms with Crippen molar-refractivity contribution >= 4 is 16.8 Å². The summed E-state index contributed by atoms with van der Waals surface area (Å²) in [6.45, 7) is 0.280. The minimum absolute atomic E-state index is 0.0410. The van der Waals surface area contributed by atoms with Crippen LogP contribution in [-0.2, 0) is 0 Å². The van der Waals surface area contributed by atoms with Crippen LogP contribution in [0.2, 0.25) is 0 Å². The maximum absolute atomic E-state index is 11.4. The topological polar surface area (TPSA) is 73.4 Å². The van der Waals surface area contributed by atoms with Crippen molar-refractivity contribution in [1.29, 1.82) is 0 Å². The van der Waals surface area contributed by atoms with E-state index < -0.39 is 0 Å². The van der Waals surface area contributed by atoms with Gasteiger partial charge in [-0.25, -0.2) is 4.98 Å². The van der Waals surface area contributed by atoms with Gasteiger partial charge in [-0.1, -0.05) is 0 Å². The molecule has 0 spiro atoms. The number of H-pyrrole nitrogens is 1. The van der Waals surface area contributed by atoms with Crippen LogP contribution >= 0.6 is 0 Å². The first-order chi connectivity index (χ1) is 6.33. The number of hydrogen-bond donors (Lipinski definition) is 2. The van der Waals surface area contributed by atoms with Crippen LogP contribution in [0.25, 0.3) is 11.0 Å². The molecule has 4 heteroatoms. The lowest BCUT2D eigenvalue weighted by atomic mass is 10.1. The molecule has 0 fully saturated rings. The minimum atomic E-state index is 0.0410. The monoisotopic (exact) mass is 176 g/mol. The van der Waals surface area contributed by atoms with E-state index in [9.17, 15) is 4.79 Å². The van der Waals surface area contributed by atoms with Gasteiger partial charge in [-0.2, -0.15) is 0 Å². The molecule has 2 aromatic heterocycles. The van der Waals surface area contributed by atoms with Gasteiger partial charge in [0, 0.05) is 17.8 Å². The number of carbonyl (C=O) groups excluding carboxylic acids is 1. The standard InChI is InChI=1S/C9H9N3O/c10-4-8(13)7-5-12-9-6(7)2-1-3-11-9/h1-3,5H,4,10H2,(H,11,12)/p+1. The molecule has 0 aliphatic rings. The van der Waals surface area contributed by atoms with Crippen molar-refractivity contribution in [3.8, 4) is 0 Å². The number of quaternary nitrogens is 1. The smallest absolute Gasteiger partial charge is 0.218 e. The number of pyridine rings is 1. The third-order valence-corrected chi connectivity index (χ3v) is 1.98. The van der Waals surface area contributed by atoms with E-state index in [1.165, 1.54) is 0 Å². The molecule has 4 nitrogen and oxygen atoms in total. The third kappa shape index (κ3) is 1.21. The van der Waals surface area contributed by atoms with Gasteiger partial charge in [0.05, 0.1) is 5.56 Å². The van der Waals surface area contributed by atoms with E-state index in [2.05, 4.69) is 15.7 Å². The van der Waals surface area contributed by atoms with Gasteiger partial charge in [-0.05, 0) is 12.1 Å². The summed E-state index contributed by atoms with van der Waals surface area (Å²) < 4.78 is 0. The molecule has 0 amide bonds. The van der Waals surface area contributed by atoms with Gasteiger partial charge in [0.15, 0.2) is 0 Å². The summed E-state index contributed by atoms with van der Waals surface area (Å²) >= 11 is 0. The number of aromatic nitrogens is 2. The van der Waals surface area contributed by atoms with E-state index in [0.717, 1.165) is 11.0 Å². The second-order valence-electron chi connectivity index (χ2n) is 2.78. The van der Waals surface area contributed by atoms with Crippen molar-refractivity contribution in [2.24, 2.45) is 0 Å². The zero-order valence-electron chi connectivity index (χ0n) is 7.08. The van der Waals surface area contributed by atoms with Crippen molar-refractivity contribution in [2.75, 3.05) is 6.54 Å². The fraction of sp³-hybridized carbons (Fsp3) is 0.111. The Morgan fingerprint density at radius 1 is 1.62 bits per heavy atom. The maximum atomic E-state index is 11.4. The van der Waals surface area contributed by atoms with Crippen LogP contribution in [0.1, 0.15) is 10.4 Å². The van der Waals surface area contributed by atoms with Gasteiger partial charge in [-0.15, -0.1) is 0 Å². The second kappa shape index (κ2) is 2.99. The summed E-state index contributed by atoms with van der Waals surface area (Å²) in [5.41, 5.74) is 4.99. The van der Waals surface area contributed by atoms with Crippen LogP contribution in [0.5, 0.6) is 0 Å². The molecule has 0 atom stereocenters. The minimum Gasteiger partial charge on any atom is -0.351 e. The Hall–Kier alpha value is -1.68. The number of nitrogens with one attached hydrogen (secondary N) is 1. The highest BCUT2D eigenvalue weighted by Crippen LogP contribution is 2.15. The zero-order chi connectivity index (χ0) is 9.26. The first-order valence-corrected chi connectivity index (χ1v) is 4.07. The van der Waals surface area contributed by atoms with Crippen LogP contribution in [0.3, 0.4) is 0 Å². The van der Waals surface area contributed by atoms with Crippen molar-refractivity contribution < 1.29 is 10.5 Å². The number of rotatable bonds is 2. The number of hydrogen-bond acceptors (Lipinski definition) is 2. The molecule has 0 aliphatic carbocycles. The first kappa shape index (κ1) is 7.94. The summed E-state index contributed by atoms with van der Waals surface area (Å²) in [6, 6.07) is 3.69. The van der Waals surface area contributed by atoms with Crippen molar-refractivity contribution in [2.45, 2.75) is 0 Å². The van der Waals surface area contributed by atoms with E-state index in [1.54, 1.807) is 12.4 Å². The average molecular weight is 176 g/mol. The maximum Gasteiger partial charge on any atom is 0.218 e. The number of Topliss-reactive ketones (excluding diaryl/α,β-unsaturated/α-hetero) is 1. The van der Waals surface area contributed by atoms with Gasteiger partial charge in [0.25, 0.3) is 0 Å². The molecule has 0 aliphatic heterocycles. The highest BCUT2D eigenvalue weighted by atomic mass is 16.1. The van der Waals surface area contributed by atoms with Crippen LogP contribution in [0, 0.1) is 0 Å². The second-order valence-corrected chi connectivity index (χ2v) is 2.78. The van der Waals surface area contributed by atoms with Gasteiger partial charge in [0.2, 0.25) is 5.78 Å². The Labute approximate surface area is 74.8 Å². The molecule has 2 heterocycles. The summed E-state index contributed by atoms with van der Waals surface area (Å²) in [5, 5.41) is 0.871. The summed E-state index contributed by atoms with van der Waals surface area (Å²) in [4.78, 5) is 18.4. The number of carbonyl (C=O) groups is 1. The van der Waals surface area contributed by atoms with E-state index >= 15 is 0 Å². The lowest BCUT2D eigenvalue weighted by molar-refractivity contribution is -0.349. The Morgan fingerprint density at radius 2 is 2.46 bits per heavy atom. The molecule has 0 saturated heterocycles. The summed E-state index contributed by atoms with van der Waals surface area (Å²) in [5.74, 6) is 0.0410. The molecule has 4 N–H and O–H groups in total. The van der Waals surface area contributed by atoms with Gasteiger partial charge in [0.1, 0.15) is 12.2 Å². The van der Waals surface area contributed by atoms with Gasteiger partial charge >= 0.3 is 0 Å². The molecule has 0 radical (unpaired) electrons. The highest BCUT2D eigenvalue weighted by molar-refractivity contribution is 6.07. The fourth-order valence-electron chi connectivity index (χ4n) is 1.32. The molecule has 0 saturated carbocycles. The molecule has 2 aromatic rings. The molecule has 0 bridgehead atoms. The average Bonchev–Trinajstić information content (AvgIpc) is 2.60. The molecule has 2 rings (SSSR count). The number of aromatic amines is 1. The van der Waals surface area contributed by atoms with Crippen molar-refractivity contribution in [3.05, 3.63) is 30.1 Å². The van der Waals surface area contributed by atoms with Gasteiger partial charge in [-0.3, -0.25) is 4.79 Å². The van der Waals surface area contributed by atoms with Crippen molar-refractivity contribution in [1.82, 2.24) is 9.97 Å². The van der Waals surface area contributed by atoms with Gasteiger partial charge < -0.3 is 10.7 Å². The number of ketones is 1. The lowest BCUT2D eigenvalue weighted by Gasteiger charge is -1.91. The predicted octanol–water partition coefficient (Wildman–Crippen LogP) is -0.0125. The van der Waals surface area contributed by atoms with E-state index in [0.29, 0.717) is 5.56 Å². The predicted molar refractivity (Wildman–Crippen MR) is 48.2 cm³/mol. The Kier molecular flexibility index (Phi) is 1.83. The Morgan fingerprint density at radius 3 is 3.23 bits per heavy atom. The zero-order valence-corrected chi connectivity index (χ0v) is 7.08. The molecule has 13 heavy (non-hydrogen) atoms. The number of nitrogens with zero attached hydrogens (tertiary/aromatic N) is 1. The highest BCUT2D eigenvalue weighted by Gasteiger charge is 2.11. The molecule has 66 valence electrons. The van der Waals surface area contributed by atoms with E-state index in [-0.39, 0.29) is 12.3 Å². The van der Waals surface area contributed by atoms with Crippen LogP contribution in [-0.4, -0.2) is 22.3 Å². The summed E-state index contributed by atoms with van der Waals surface area (Å²) in [7, 11) is 0. The number of fused-ring (bicyclic) bond motifs is 1. The third-order valence-electron chi connectivity index (χ3n) is 1.98. The first-order valence-electron chi connectivity index (χ1n) is 4.07. The normalized spacial score (nSPS) is 10.5. The van der Waals surface area contributed by atoms with Crippen LogP contribution in [0.4, 0.5) is 0 Å². The quantitative estimate of drug-likeness (QED) is 0.631. The molecular weight excluding hydrogens is 166 g/mol. The largest absolute Gasteiger partial charge is 0.351 e. The molecular formula is C9H10N3O+. The summed E-state index contributed by atoms with van der Waals surface area (Å²) in [6.07, 6.45) is 3.38. The Bertz CT molecular complexity index is 447. The van der Waals surface area contributed by atoms with Crippen molar-refractivity contribution in [3.63, 3.8) is 0 Å². The van der Waals surface area contributed by atoms with E-state index in [4.69, 9.17) is 0 Å². The molecule has 0 aromatic carbocycles. The van der Waals surface area contributed by atoms with Crippen LogP contribution in [0.15, 0.2) is 24.5 Å². The van der Waals surface area contributed by atoms with E-state index in [1.807, 2.05) is 12.1 Å². The Balaban J connectivity index is 2.64. The molecule has 0 unspecified atom stereocenters. The van der Waals surface area contributed by atoms with Crippen LogP contribution < -0.4 is 5.73 Å². The lowest BCUT2D eigenvalue weighted by Crippen LogP contribution is -2.54. The SMILES string of the molecule is [NH3+]CC(=O)c1c[nH]c2ncccc12. The fourth-order valence-corrected chi connectivity index (χ4v) is 1.32.